The first-order valence-electron chi connectivity index (χ1n) is 10.4. The number of ether oxygens (including phenoxy) is 1. The minimum absolute atomic E-state index is 0.376. The molecule has 3 aromatic heterocycles. The minimum Gasteiger partial charge on any atom is -0.446 e. The lowest BCUT2D eigenvalue weighted by atomic mass is 9.91. The lowest BCUT2D eigenvalue weighted by molar-refractivity contribution is -0.147. The molecule has 0 atom stereocenters. The van der Waals surface area contributed by atoms with Crippen LogP contribution in [-0.2, 0) is 11.8 Å². The van der Waals surface area contributed by atoms with Gasteiger partial charge in [0.1, 0.15) is 23.3 Å². The number of aryl methyl sites for hydroxylation is 2. The standard InChI is InChI=1S/C21H24F2N6O2/c1-13-25-17(12-27(13)2)16-9-15-18(3-4-24-19(15)26-16)28-5-7-29(8-6-28)20(30)31-14-10-21(22,23)11-14/h3-4,9,12,14H,5-8,10-11H2,1-2H3,(H,24,26). The number of piperazine rings is 1. The number of imidazole rings is 1. The highest BCUT2D eigenvalue weighted by Gasteiger charge is 2.48. The molecule has 1 aliphatic heterocycles. The molecule has 1 saturated heterocycles. The Morgan fingerprint density at radius 3 is 2.65 bits per heavy atom. The molecule has 4 heterocycles. The number of carbonyl (C=O) groups is 1. The van der Waals surface area contributed by atoms with Crippen molar-refractivity contribution in [3.05, 3.63) is 30.4 Å². The zero-order chi connectivity index (χ0) is 21.8. The van der Waals surface area contributed by atoms with Crippen LogP contribution < -0.4 is 4.90 Å². The molecule has 31 heavy (non-hydrogen) atoms. The van der Waals surface area contributed by atoms with Gasteiger partial charge in [-0.3, -0.25) is 0 Å². The quantitative estimate of drug-likeness (QED) is 0.690. The highest BCUT2D eigenvalue weighted by atomic mass is 19.3. The van der Waals surface area contributed by atoms with Crippen molar-refractivity contribution in [1.29, 1.82) is 0 Å². The number of fused-ring (bicyclic) bond motifs is 1. The van der Waals surface area contributed by atoms with Crippen molar-refractivity contribution in [2.24, 2.45) is 7.05 Å². The Hall–Kier alpha value is -3.17. The smallest absolute Gasteiger partial charge is 0.410 e. The number of nitrogens with zero attached hydrogens (tertiary/aromatic N) is 5. The van der Waals surface area contributed by atoms with Gasteiger partial charge in [-0.15, -0.1) is 0 Å². The molecule has 1 N–H and O–H groups in total. The third-order valence-corrected chi connectivity index (χ3v) is 6.09. The molecule has 0 bridgehead atoms. The molecule has 3 aromatic rings. The molecule has 0 unspecified atom stereocenters. The molecule has 1 amide bonds. The molecule has 5 rings (SSSR count). The van der Waals surface area contributed by atoms with Gasteiger partial charge in [-0.2, -0.15) is 0 Å². The summed E-state index contributed by atoms with van der Waals surface area (Å²) in [5.74, 6) is -1.77. The molecule has 2 aliphatic rings. The molecule has 0 spiro atoms. The van der Waals surface area contributed by atoms with Crippen LogP contribution >= 0.6 is 0 Å². The van der Waals surface area contributed by atoms with Gasteiger partial charge in [0.2, 0.25) is 0 Å². The Kier molecular flexibility index (Phi) is 4.60. The molecule has 0 aromatic carbocycles. The first-order valence-corrected chi connectivity index (χ1v) is 10.4. The highest BCUT2D eigenvalue weighted by molar-refractivity contribution is 5.93. The first-order chi connectivity index (χ1) is 14.8. The van der Waals surface area contributed by atoms with E-state index in [4.69, 9.17) is 4.74 Å². The van der Waals surface area contributed by atoms with Crippen molar-refractivity contribution in [1.82, 2.24) is 24.4 Å². The Bertz CT molecular complexity index is 1100. The number of amides is 1. The highest BCUT2D eigenvalue weighted by Crippen LogP contribution is 2.39. The van der Waals surface area contributed by atoms with Gasteiger partial charge in [0.25, 0.3) is 5.92 Å². The zero-order valence-electron chi connectivity index (χ0n) is 17.4. The lowest BCUT2D eigenvalue weighted by Crippen LogP contribution is -2.51. The van der Waals surface area contributed by atoms with Gasteiger partial charge in [-0.25, -0.2) is 23.5 Å². The summed E-state index contributed by atoms with van der Waals surface area (Å²) in [5.41, 5.74) is 3.58. The third-order valence-electron chi connectivity index (χ3n) is 6.09. The van der Waals surface area contributed by atoms with Crippen molar-refractivity contribution in [3.8, 4) is 11.4 Å². The SMILES string of the molecule is Cc1nc(-c2cc3c(N4CCN(C(=O)OC5CC(F)(F)C5)CC4)ccnc3[nH]2)cn1C. The second-order valence-electron chi connectivity index (χ2n) is 8.30. The van der Waals surface area contributed by atoms with E-state index in [-0.39, 0.29) is 12.8 Å². The Morgan fingerprint density at radius 1 is 1.26 bits per heavy atom. The normalized spacial score (nSPS) is 19.0. The molecule has 164 valence electrons. The number of aromatic amines is 1. The molecular formula is C21H24F2N6O2. The Balaban J connectivity index is 1.28. The average Bonchev–Trinajstić information content (AvgIpc) is 3.30. The Morgan fingerprint density at radius 2 is 2.00 bits per heavy atom. The number of nitrogens with one attached hydrogen (secondary N) is 1. The summed E-state index contributed by atoms with van der Waals surface area (Å²) in [6, 6.07) is 4.02. The van der Waals surface area contributed by atoms with E-state index >= 15 is 0 Å². The predicted molar refractivity (Wildman–Crippen MR) is 111 cm³/mol. The number of pyridine rings is 1. The number of carbonyl (C=O) groups excluding carboxylic acids is 1. The van der Waals surface area contributed by atoms with E-state index in [1.54, 1.807) is 11.1 Å². The van der Waals surface area contributed by atoms with Crippen LogP contribution in [0.3, 0.4) is 0 Å². The van der Waals surface area contributed by atoms with Crippen LogP contribution in [0.1, 0.15) is 18.7 Å². The summed E-state index contributed by atoms with van der Waals surface area (Å²) >= 11 is 0. The van der Waals surface area contributed by atoms with Crippen molar-refractivity contribution in [3.63, 3.8) is 0 Å². The molecule has 1 saturated carbocycles. The van der Waals surface area contributed by atoms with E-state index in [0.29, 0.717) is 26.2 Å². The van der Waals surface area contributed by atoms with Crippen LogP contribution in [0, 0.1) is 6.92 Å². The summed E-state index contributed by atoms with van der Waals surface area (Å²) in [7, 11) is 1.96. The van der Waals surface area contributed by atoms with E-state index in [1.165, 1.54) is 0 Å². The summed E-state index contributed by atoms with van der Waals surface area (Å²) in [4.78, 5) is 28.4. The molecule has 8 nitrogen and oxygen atoms in total. The molecule has 0 radical (unpaired) electrons. The topological polar surface area (TPSA) is 79.3 Å². The first kappa shape index (κ1) is 19.8. The maximum atomic E-state index is 13.0. The van der Waals surface area contributed by atoms with E-state index in [9.17, 15) is 13.6 Å². The second kappa shape index (κ2) is 7.21. The van der Waals surface area contributed by atoms with Crippen LogP contribution in [0.15, 0.2) is 24.5 Å². The van der Waals surface area contributed by atoms with Crippen LogP contribution in [-0.4, -0.2) is 68.7 Å². The molecule has 1 aliphatic carbocycles. The summed E-state index contributed by atoms with van der Waals surface area (Å²) < 4.78 is 33.1. The summed E-state index contributed by atoms with van der Waals surface area (Å²) in [6.07, 6.45) is 1.81. The van der Waals surface area contributed by atoms with Gasteiger partial charge >= 0.3 is 6.09 Å². The number of alkyl halides is 2. The van der Waals surface area contributed by atoms with Gasteiger partial charge in [0.05, 0.1) is 5.69 Å². The van der Waals surface area contributed by atoms with Gasteiger partial charge < -0.3 is 24.1 Å². The number of hydrogen-bond donors (Lipinski definition) is 1. The third kappa shape index (κ3) is 3.70. The van der Waals surface area contributed by atoms with Crippen molar-refractivity contribution in [2.75, 3.05) is 31.1 Å². The van der Waals surface area contributed by atoms with Crippen molar-refractivity contribution in [2.45, 2.75) is 31.8 Å². The van der Waals surface area contributed by atoms with Crippen LogP contribution in [0.25, 0.3) is 22.4 Å². The maximum absolute atomic E-state index is 13.0. The van der Waals surface area contributed by atoms with Gasteiger partial charge in [-0.1, -0.05) is 0 Å². The molecule has 2 fully saturated rings. The fourth-order valence-electron chi connectivity index (χ4n) is 4.15. The number of anilines is 1. The van der Waals surface area contributed by atoms with Gasteiger partial charge in [-0.05, 0) is 19.1 Å². The summed E-state index contributed by atoms with van der Waals surface area (Å²) in [6.45, 7) is 4.15. The maximum Gasteiger partial charge on any atom is 0.410 e. The average molecular weight is 430 g/mol. The van der Waals surface area contributed by atoms with E-state index < -0.39 is 18.1 Å². The number of hydrogen-bond acceptors (Lipinski definition) is 5. The monoisotopic (exact) mass is 430 g/mol. The van der Waals surface area contributed by atoms with E-state index in [2.05, 4.69) is 25.9 Å². The van der Waals surface area contributed by atoms with Crippen LogP contribution in [0.4, 0.5) is 19.3 Å². The molecule has 10 heteroatoms. The predicted octanol–water partition coefficient (Wildman–Crippen LogP) is 3.33. The van der Waals surface area contributed by atoms with Gasteiger partial charge in [0, 0.05) is 69.5 Å². The Labute approximate surface area is 177 Å². The fourth-order valence-corrected chi connectivity index (χ4v) is 4.15. The van der Waals surface area contributed by atoms with Crippen LogP contribution in [0.2, 0.25) is 0 Å². The largest absolute Gasteiger partial charge is 0.446 e. The molecular weight excluding hydrogens is 406 g/mol. The zero-order valence-corrected chi connectivity index (χ0v) is 17.4. The van der Waals surface area contributed by atoms with E-state index in [0.717, 1.165) is 33.9 Å². The lowest BCUT2D eigenvalue weighted by Gasteiger charge is -2.38. The number of rotatable bonds is 3. The van der Waals surface area contributed by atoms with E-state index in [1.807, 2.05) is 30.8 Å². The fraction of sp³-hybridized carbons (Fsp3) is 0.476. The van der Waals surface area contributed by atoms with Crippen molar-refractivity contribution >= 4 is 22.8 Å². The number of halogens is 2. The minimum atomic E-state index is -2.69. The van der Waals surface area contributed by atoms with Crippen LogP contribution in [0.5, 0.6) is 0 Å². The number of aromatic nitrogens is 4. The van der Waals surface area contributed by atoms with Gasteiger partial charge in [0.15, 0.2) is 0 Å². The summed E-state index contributed by atoms with van der Waals surface area (Å²) in [5, 5.41) is 0.994. The van der Waals surface area contributed by atoms with Crippen molar-refractivity contribution < 1.29 is 18.3 Å². The number of H-pyrrole nitrogens is 1. The second-order valence-corrected chi connectivity index (χ2v) is 8.30.